The summed E-state index contributed by atoms with van der Waals surface area (Å²) in [5.41, 5.74) is 7.16. The van der Waals surface area contributed by atoms with Crippen molar-refractivity contribution in [3.63, 3.8) is 0 Å². The number of hydrogen-bond donors (Lipinski definition) is 0. The SMILES string of the molecule is CCC(C)C1c2ccc(cc2)N(C(=O)C2CCCC3=CCC(OC)C=C32)Cc2ccc(c([OH+]CCOC)c2)[C@@H]1C. The molecule has 1 N–H and O–H groups in total. The zero-order valence-corrected chi connectivity index (χ0v) is 24.9. The van der Waals surface area contributed by atoms with Crippen LogP contribution in [-0.4, -0.2) is 44.2 Å². The third-order valence-electron chi connectivity index (χ3n) is 9.40. The Hall–Kier alpha value is -2.89. The predicted octanol–water partition coefficient (Wildman–Crippen LogP) is 7.43. The lowest BCUT2D eigenvalue weighted by molar-refractivity contribution is -0.121. The Kier molecular flexibility index (Phi) is 9.12. The van der Waals surface area contributed by atoms with Gasteiger partial charge in [-0.25, -0.2) is 0 Å². The summed E-state index contributed by atoms with van der Waals surface area (Å²) in [6.45, 7) is 8.70. The Morgan fingerprint density at radius 1 is 1.15 bits per heavy atom. The molecule has 40 heavy (non-hydrogen) atoms. The van der Waals surface area contributed by atoms with Gasteiger partial charge in [0.05, 0.1) is 24.1 Å². The topological polar surface area (TPSA) is 51.6 Å². The maximum absolute atomic E-state index is 14.5. The van der Waals surface area contributed by atoms with Crippen LogP contribution in [0.4, 0.5) is 5.69 Å². The molecule has 5 heteroatoms. The van der Waals surface area contributed by atoms with Crippen LogP contribution >= 0.6 is 0 Å². The summed E-state index contributed by atoms with van der Waals surface area (Å²) >= 11 is 0. The van der Waals surface area contributed by atoms with Crippen LogP contribution in [0.2, 0.25) is 0 Å². The minimum absolute atomic E-state index is 0.0426. The van der Waals surface area contributed by atoms with Crippen LogP contribution in [0.25, 0.3) is 0 Å². The highest BCUT2D eigenvalue weighted by Gasteiger charge is 2.36. The van der Waals surface area contributed by atoms with Crippen molar-refractivity contribution >= 4 is 11.6 Å². The third kappa shape index (κ3) is 5.77. The van der Waals surface area contributed by atoms with Crippen molar-refractivity contribution in [2.45, 2.75) is 77.4 Å². The molecule has 4 unspecified atom stereocenters. The number of aromatic hydroxyl groups is 1. The second-order valence-electron chi connectivity index (χ2n) is 11.8. The highest BCUT2D eigenvalue weighted by molar-refractivity contribution is 5.97. The van der Waals surface area contributed by atoms with Gasteiger partial charge in [0.2, 0.25) is 5.91 Å². The van der Waals surface area contributed by atoms with Crippen LogP contribution in [0.5, 0.6) is 5.75 Å². The van der Waals surface area contributed by atoms with E-state index in [-0.39, 0.29) is 17.9 Å². The normalized spacial score (nSPS) is 24.9. The molecule has 5 atom stereocenters. The van der Waals surface area contributed by atoms with Gasteiger partial charge in [0.15, 0.2) is 6.61 Å². The van der Waals surface area contributed by atoms with E-state index >= 15 is 0 Å². The van der Waals surface area contributed by atoms with Gasteiger partial charge in [-0.1, -0.05) is 57.5 Å². The maximum atomic E-state index is 14.5. The third-order valence-corrected chi connectivity index (χ3v) is 9.40. The van der Waals surface area contributed by atoms with Crippen molar-refractivity contribution in [1.29, 1.82) is 0 Å². The second kappa shape index (κ2) is 12.7. The Morgan fingerprint density at radius 3 is 2.67 bits per heavy atom. The zero-order chi connectivity index (χ0) is 28.2. The van der Waals surface area contributed by atoms with Gasteiger partial charge in [0, 0.05) is 26.0 Å². The van der Waals surface area contributed by atoms with Crippen LogP contribution in [0.3, 0.4) is 0 Å². The Morgan fingerprint density at radius 2 is 1.95 bits per heavy atom. The number of fused-ring (bicyclic) bond motifs is 1. The number of allylic oxidation sites excluding steroid dienone is 1. The van der Waals surface area contributed by atoms with Gasteiger partial charge in [-0.15, -0.1) is 0 Å². The first-order valence-electron chi connectivity index (χ1n) is 15.1. The molecule has 4 bridgehead atoms. The maximum Gasteiger partial charge on any atom is 0.258 e. The number of methoxy groups -OCH3 is 2. The number of amides is 1. The molecule has 0 aromatic heterocycles. The van der Waals surface area contributed by atoms with E-state index in [1.807, 2.05) is 4.90 Å². The van der Waals surface area contributed by atoms with Crippen LogP contribution in [0, 0.1) is 11.8 Å². The van der Waals surface area contributed by atoms with Crippen molar-refractivity contribution in [2.24, 2.45) is 11.8 Å². The molecule has 5 nitrogen and oxygen atoms in total. The van der Waals surface area contributed by atoms with Gasteiger partial charge in [0.25, 0.3) is 5.75 Å². The van der Waals surface area contributed by atoms with Gasteiger partial charge in [-0.2, -0.15) is 0 Å². The fourth-order valence-corrected chi connectivity index (χ4v) is 6.98. The molecule has 1 fully saturated rings. The van der Waals surface area contributed by atoms with E-state index < -0.39 is 0 Å². The number of ether oxygens (including phenoxy) is 3. The summed E-state index contributed by atoms with van der Waals surface area (Å²) in [6, 6.07) is 15.5. The molecule has 6 aliphatic rings. The molecule has 4 heterocycles. The van der Waals surface area contributed by atoms with Gasteiger partial charge in [-0.05, 0) is 83.9 Å². The molecule has 2 aromatic rings. The first kappa shape index (κ1) is 28.6. The van der Waals surface area contributed by atoms with E-state index in [0.29, 0.717) is 37.5 Å². The monoisotopic (exact) mass is 544 g/mol. The first-order chi connectivity index (χ1) is 19.4. The molecule has 0 saturated heterocycles. The minimum Gasteiger partial charge on any atom is -0.581 e. The summed E-state index contributed by atoms with van der Waals surface area (Å²) in [5.74, 6) is 2.23. The fourth-order valence-electron chi connectivity index (χ4n) is 6.98. The second-order valence-corrected chi connectivity index (χ2v) is 11.8. The summed E-state index contributed by atoms with van der Waals surface area (Å²) in [4.78, 5) is 16.5. The summed E-state index contributed by atoms with van der Waals surface area (Å²) in [5, 5.41) is 0. The Bertz CT molecular complexity index is 1250. The summed E-state index contributed by atoms with van der Waals surface area (Å²) in [6.07, 6.45) is 9.48. The number of aliphatic hydroxyl groups is 1. The molecular weight excluding hydrogens is 498 g/mol. The standard InChI is InChI=1S/C35H45NO4/c1-6-23(2)34-24(3)30-17-10-25(20-33(30)40-19-18-38-4)22-36(28-14-11-27(34)12-15-28)35(37)31-9-7-8-26-13-16-29(39-5)21-32(26)31/h10-15,17,20-21,23-24,29,31,34H,6-9,16,18-19,22H2,1-5H3/p+1/t23?,24-,29?,31?,34?/m0/s1. The number of carbonyl (C=O) groups is 1. The quantitative estimate of drug-likeness (QED) is 0.257. The van der Waals surface area contributed by atoms with Crippen LogP contribution in [-0.2, 0) is 20.8 Å². The predicted molar refractivity (Wildman–Crippen MR) is 162 cm³/mol. The largest absolute Gasteiger partial charge is 0.581 e. The molecule has 214 valence electrons. The smallest absolute Gasteiger partial charge is 0.258 e. The fraction of sp³-hybridized carbons (Fsp3) is 0.514. The molecule has 0 radical (unpaired) electrons. The average Bonchev–Trinajstić information content (AvgIpc) is 2.99. The van der Waals surface area contributed by atoms with Crippen LogP contribution in [0.15, 0.2) is 65.8 Å². The number of anilines is 1. The van der Waals surface area contributed by atoms with E-state index in [1.54, 1.807) is 14.2 Å². The number of carbonyl (C=O) groups excluding carboxylic acids is 1. The lowest BCUT2D eigenvalue weighted by Gasteiger charge is -2.36. The van der Waals surface area contributed by atoms with E-state index in [2.05, 4.69) is 75.4 Å². The molecule has 2 aromatic carbocycles. The minimum atomic E-state index is -0.149. The van der Waals surface area contributed by atoms with Gasteiger partial charge in [0.1, 0.15) is 6.61 Å². The molecule has 2 aliphatic carbocycles. The molecule has 1 saturated carbocycles. The van der Waals surface area contributed by atoms with Crippen molar-refractivity contribution in [3.05, 3.63) is 82.5 Å². The van der Waals surface area contributed by atoms with E-state index in [1.165, 1.54) is 22.3 Å². The number of hydrogen-bond acceptors (Lipinski definition) is 3. The summed E-state index contributed by atoms with van der Waals surface area (Å²) < 4.78 is 16.0. The summed E-state index contributed by atoms with van der Waals surface area (Å²) in [7, 11) is 3.47. The van der Waals surface area contributed by atoms with E-state index in [4.69, 9.17) is 14.2 Å². The first-order valence-corrected chi connectivity index (χ1v) is 15.1. The highest BCUT2D eigenvalue weighted by Crippen LogP contribution is 2.45. The molecule has 4 aliphatic heterocycles. The number of benzene rings is 2. The van der Waals surface area contributed by atoms with Gasteiger partial charge < -0.3 is 19.1 Å². The van der Waals surface area contributed by atoms with Crippen molar-refractivity contribution < 1.29 is 19.0 Å². The Balaban J connectivity index is 1.57. The Labute approximate surface area is 240 Å². The van der Waals surface area contributed by atoms with Crippen molar-refractivity contribution in [3.8, 4) is 5.75 Å². The highest BCUT2D eigenvalue weighted by atomic mass is 16.5. The number of rotatable bonds is 8. The van der Waals surface area contributed by atoms with Crippen molar-refractivity contribution in [1.82, 2.24) is 0 Å². The molecule has 0 spiro atoms. The van der Waals surface area contributed by atoms with Gasteiger partial charge in [-0.3, -0.25) is 4.79 Å². The lowest BCUT2D eigenvalue weighted by Crippen LogP contribution is -2.39. The van der Waals surface area contributed by atoms with E-state index in [0.717, 1.165) is 49.1 Å². The molecule has 8 rings (SSSR count). The number of nitrogens with zero attached hydrogens (tertiary/aromatic N) is 1. The lowest BCUT2D eigenvalue weighted by atomic mass is 9.74. The average molecular weight is 545 g/mol. The molecule has 1 amide bonds. The zero-order valence-electron chi connectivity index (χ0n) is 24.9. The van der Waals surface area contributed by atoms with Crippen LogP contribution < -0.4 is 4.90 Å². The van der Waals surface area contributed by atoms with Crippen LogP contribution in [0.1, 0.15) is 81.4 Å². The van der Waals surface area contributed by atoms with Gasteiger partial charge >= 0.3 is 0 Å². The molecular formula is C35H46NO4+. The van der Waals surface area contributed by atoms with E-state index in [9.17, 15) is 4.79 Å². The van der Waals surface area contributed by atoms with Crippen molar-refractivity contribution in [2.75, 3.05) is 32.3 Å².